The largest absolute Gasteiger partial charge is 0.495 e. The van der Waals surface area contributed by atoms with Gasteiger partial charge in [0.15, 0.2) is 0 Å². The Balaban J connectivity index is 1.90. The van der Waals surface area contributed by atoms with Gasteiger partial charge in [-0.15, -0.1) is 0 Å². The Morgan fingerprint density at radius 1 is 1.26 bits per heavy atom. The Bertz CT molecular complexity index is 430. The highest BCUT2D eigenvalue weighted by molar-refractivity contribution is 7.80. The monoisotopic (exact) mass is 279 g/mol. The summed E-state index contributed by atoms with van der Waals surface area (Å²) < 4.78 is 5.42. The van der Waals surface area contributed by atoms with Crippen LogP contribution in [0.1, 0.15) is 6.42 Å². The Kier molecular flexibility index (Phi) is 4.99. The second-order valence-corrected chi connectivity index (χ2v) is 5.24. The molecule has 2 rings (SSSR count). The SMILES string of the molecule is COc1ccccc1N1CCN(CCC(N)=S)CC1. The first-order valence-electron chi connectivity index (χ1n) is 6.59. The molecule has 1 aliphatic heterocycles. The molecule has 0 spiro atoms. The van der Waals surface area contributed by atoms with Crippen molar-refractivity contribution < 1.29 is 4.74 Å². The van der Waals surface area contributed by atoms with Gasteiger partial charge < -0.3 is 15.4 Å². The molecule has 0 aromatic heterocycles. The summed E-state index contributed by atoms with van der Waals surface area (Å²) in [4.78, 5) is 5.38. The highest BCUT2D eigenvalue weighted by Gasteiger charge is 2.19. The molecule has 0 unspecified atom stereocenters. The van der Waals surface area contributed by atoms with Gasteiger partial charge in [-0.05, 0) is 12.1 Å². The molecular weight excluding hydrogens is 258 g/mol. The summed E-state index contributed by atoms with van der Waals surface area (Å²) in [7, 11) is 1.72. The van der Waals surface area contributed by atoms with Crippen molar-refractivity contribution >= 4 is 22.9 Å². The lowest BCUT2D eigenvalue weighted by Crippen LogP contribution is -2.47. The normalized spacial score (nSPS) is 16.4. The van der Waals surface area contributed by atoms with E-state index in [0.29, 0.717) is 4.99 Å². The zero-order valence-corrected chi connectivity index (χ0v) is 12.2. The standard InChI is InChI=1S/C14H21N3OS/c1-18-13-5-3-2-4-12(13)17-10-8-16(9-11-17)7-6-14(15)19/h2-5H,6-11H2,1H3,(H2,15,19). The van der Waals surface area contributed by atoms with E-state index in [1.54, 1.807) is 7.11 Å². The van der Waals surface area contributed by atoms with Gasteiger partial charge in [0.05, 0.1) is 17.8 Å². The van der Waals surface area contributed by atoms with Crippen molar-refractivity contribution in [1.82, 2.24) is 4.90 Å². The zero-order valence-electron chi connectivity index (χ0n) is 11.3. The van der Waals surface area contributed by atoms with E-state index in [9.17, 15) is 0 Å². The molecule has 1 aromatic carbocycles. The molecule has 0 bridgehead atoms. The number of para-hydroxylation sites is 2. The first kappa shape index (κ1) is 14.1. The number of hydrogen-bond donors (Lipinski definition) is 1. The number of hydrogen-bond acceptors (Lipinski definition) is 4. The van der Waals surface area contributed by atoms with Crippen LogP contribution < -0.4 is 15.4 Å². The summed E-state index contributed by atoms with van der Waals surface area (Å²) in [6.07, 6.45) is 0.810. The Labute approximate surface area is 120 Å². The third-order valence-corrected chi connectivity index (χ3v) is 3.68. The van der Waals surface area contributed by atoms with Crippen molar-refractivity contribution in [3.63, 3.8) is 0 Å². The highest BCUT2D eigenvalue weighted by atomic mass is 32.1. The molecule has 1 aliphatic rings. The fourth-order valence-electron chi connectivity index (χ4n) is 2.37. The molecule has 1 aromatic rings. The van der Waals surface area contributed by atoms with Crippen molar-refractivity contribution in [2.24, 2.45) is 5.73 Å². The van der Waals surface area contributed by atoms with Gasteiger partial charge in [0.1, 0.15) is 5.75 Å². The van der Waals surface area contributed by atoms with E-state index >= 15 is 0 Å². The van der Waals surface area contributed by atoms with Crippen molar-refractivity contribution in [3.05, 3.63) is 24.3 Å². The molecule has 0 radical (unpaired) electrons. The third kappa shape index (κ3) is 3.81. The van der Waals surface area contributed by atoms with Crippen LogP contribution in [0.15, 0.2) is 24.3 Å². The van der Waals surface area contributed by atoms with Crippen LogP contribution in [-0.2, 0) is 0 Å². The molecule has 1 fully saturated rings. The Hall–Kier alpha value is -1.33. The van der Waals surface area contributed by atoms with Crippen molar-refractivity contribution in [3.8, 4) is 5.75 Å². The smallest absolute Gasteiger partial charge is 0.142 e. The van der Waals surface area contributed by atoms with Gasteiger partial charge in [-0.1, -0.05) is 24.4 Å². The number of benzene rings is 1. The Morgan fingerprint density at radius 2 is 1.95 bits per heavy atom. The lowest BCUT2D eigenvalue weighted by Gasteiger charge is -2.36. The summed E-state index contributed by atoms with van der Waals surface area (Å²) in [6, 6.07) is 8.18. The van der Waals surface area contributed by atoms with Crippen LogP contribution in [0, 0.1) is 0 Å². The average Bonchev–Trinajstić information content (AvgIpc) is 2.45. The van der Waals surface area contributed by atoms with Crippen molar-refractivity contribution in [2.45, 2.75) is 6.42 Å². The van der Waals surface area contributed by atoms with Gasteiger partial charge in [0.2, 0.25) is 0 Å². The van der Waals surface area contributed by atoms with Crippen LogP contribution in [-0.4, -0.2) is 49.7 Å². The van der Waals surface area contributed by atoms with E-state index in [4.69, 9.17) is 22.7 Å². The molecule has 19 heavy (non-hydrogen) atoms. The minimum absolute atomic E-state index is 0.604. The predicted octanol–water partition coefficient (Wildman–Crippen LogP) is 1.49. The van der Waals surface area contributed by atoms with Crippen LogP contribution in [0.25, 0.3) is 0 Å². The maximum absolute atomic E-state index is 5.54. The molecule has 0 saturated carbocycles. The fourth-order valence-corrected chi connectivity index (χ4v) is 2.46. The minimum atomic E-state index is 0.604. The average molecular weight is 279 g/mol. The van der Waals surface area contributed by atoms with E-state index in [1.165, 1.54) is 5.69 Å². The topological polar surface area (TPSA) is 41.7 Å². The molecule has 104 valence electrons. The van der Waals surface area contributed by atoms with Crippen molar-refractivity contribution in [1.29, 1.82) is 0 Å². The maximum atomic E-state index is 5.54. The molecule has 1 heterocycles. The lowest BCUT2D eigenvalue weighted by molar-refractivity contribution is 0.264. The van der Waals surface area contributed by atoms with Gasteiger partial charge in [0.25, 0.3) is 0 Å². The third-order valence-electron chi connectivity index (χ3n) is 3.47. The molecule has 4 nitrogen and oxygen atoms in total. The quantitative estimate of drug-likeness (QED) is 0.827. The summed E-state index contributed by atoms with van der Waals surface area (Å²) >= 11 is 4.92. The fraction of sp³-hybridized carbons (Fsp3) is 0.500. The van der Waals surface area contributed by atoms with Gasteiger partial charge in [0, 0.05) is 39.1 Å². The highest BCUT2D eigenvalue weighted by Crippen LogP contribution is 2.28. The number of rotatable bonds is 5. The van der Waals surface area contributed by atoms with Crippen LogP contribution in [0.5, 0.6) is 5.75 Å². The maximum Gasteiger partial charge on any atom is 0.142 e. The Morgan fingerprint density at radius 3 is 2.58 bits per heavy atom. The van der Waals surface area contributed by atoms with Crippen LogP contribution >= 0.6 is 12.2 Å². The number of ether oxygens (including phenoxy) is 1. The number of nitrogens with zero attached hydrogens (tertiary/aromatic N) is 2. The van der Waals surface area contributed by atoms with Crippen LogP contribution in [0.3, 0.4) is 0 Å². The lowest BCUT2D eigenvalue weighted by atomic mass is 10.2. The molecule has 0 atom stereocenters. The van der Waals surface area contributed by atoms with Gasteiger partial charge >= 0.3 is 0 Å². The number of thiocarbonyl (C=S) groups is 1. The van der Waals surface area contributed by atoms with Gasteiger partial charge in [-0.2, -0.15) is 0 Å². The summed E-state index contributed by atoms with van der Waals surface area (Å²) in [5.74, 6) is 0.944. The summed E-state index contributed by atoms with van der Waals surface area (Å²) in [5, 5.41) is 0. The first-order chi connectivity index (χ1) is 9.20. The number of nitrogens with two attached hydrogens (primary N) is 1. The molecule has 1 saturated heterocycles. The zero-order chi connectivity index (χ0) is 13.7. The van der Waals surface area contributed by atoms with Crippen LogP contribution in [0.4, 0.5) is 5.69 Å². The van der Waals surface area contributed by atoms with Crippen LogP contribution in [0.2, 0.25) is 0 Å². The van der Waals surface area contributed by atoms with E-state index < -0.39 is 0 Å². The molecule has 2 N–H and O–H groups in total. The molecule has 0 aliphatic carbocycles. The van der Waals surface area contributed by atoms with Crippen molar-refractivity contribution in [2.75, 3.05) is 44.7 Å². The second kappa shape index (κ2) is 6.73. The molecule has 0 amide bonds. The number of methoxy groups -OCH3 is 1. The second-order valence-electron chi connectivity index (χ2n) is 4.72. The van der Waals surface area contributed by atoms with E-state index in [2.05, 4.69) is 21.9 Å². The van der Waals surface area contributed by atoms with E-state index in [0.717, 1.165) is 44.9 Å². The number of piperazine rings is 1. The summed E-state index contributed by atoms with van der Waals surface area (Å²) in [6.45, 7) is 5.08. The van der Waals surface area contributed by atoms with Gasteiger partial charge in [-0.3, -0.25) is 4.90 Å². The summed E-state index contributed by atoms with van der Waals surface area (Å²) in [5.41, 5.74) is 6.72. The van der Waals surface area contributed by atoms with Gasteiger partial charge in [-0.25, -0.2) is 0 Å². The van der Waals surface area contributed by atoms with E-state index in [1.807, 2.05) is 12.1 Å². The molecular formula is C14H21N3OS. The molecule has 5 heteroatoms. The van der Waals surface area contributed by atoms with E-state index in [-0.39, 0.29) is 0 Å². The predicted molar refractivity (Wildman–Crippen MR) is 83.0 cm³/mol. The minimum Gasteiger partial charge on any atom is -0.495 e. The first-order valence-corrected chi connectivity index (χ1v) is 7.00. The number of anilines is 1.